The minimum atomic E-state index is -0.897. The molecule has 0 fully saturated rings. The lowest BCUT2D eigenvalue weighted by molar-refractivity contribution is 0.0908. The first-order valence-electron chi connectivity index (χ1n) is 7.69. The maximum Gasteiger partial charge on any atom is 0.267 e. The highest BCUT2D eigenvalue weighted by molar-refractivity contribution is 5.98. The van der Waals surface area contributed by atoms with Crippen molar-refractivity contribution >= 4 is 27.8 Å². The van der Waals surface area contributed by atoms with Crippen molar-refractivity contribution in [3.05, 3.63) is 66.1 Å². The SMILES string of the molecule is O=C(NCC(O)c1nc2ccccc2[nH]1)c1cc2ccccc2[nH]1. The van der Waals surface area contributed by atoms with Gasteiger partial charge < -0.3 is 20.4 Å². The first-order chi connectivity index (χ1) is 11.7. The molecule has 1 unspecified atom stereocenters. The Balaban J connectivity index is 1.46. The highest BCUT2D eigenvalue weighted by Gasteiger charge is 2.15. The number of aromatic amines is 2. The van der Waals surface area contributed by atoms with Gasteiger partial charge >= 0.3 is 0 Å². The fourth-order valence-electron chi connectivity index (χ4n) is 2.71. The van der Waals surface area contributed by atoms with Crippen molar-refractivity contribution < 1.29 is 9.90 Å². The lowest BCUT2D eigenvalue weighted by Crippen LogP contribution is -2.29. The van der Waals surface area contributed by atoms with Crippen LogP contribution in [0.25, 0.3) is 21.9 Å². The first-order valence-corrected chi connectivity index (χ1v) is 7.69. The number of amides is 1. The van der Waals surface area contributed by atoms with Crippen molar-refractivity contribution in [2.45, 2.75) is 6.10 Å². The van der Waals surface area contributed by atoms with Gasteiger partial charge in [-0.3, -0.25) is 4.79 Å². The van der Waals surface area contributed by atoms with E-state index < -0.39 is 6.10 Å². The van der Waals surface area contributed by atoms with Crippen molar-refractivity contribution in [2.24, 2.45) is 0 Å². The second-order valence-corrected chi connectivity index (χ2v) is 5.64. The van der Waals surface area contributed by atoms with E-state index in [1.54, 1.807) is 6.07 Å². The van der Waals surface area contributed by atoms with Crippen molar-refractivity contribution in [3.63, 3.8) is 0 Å². The average Bonchev–Trinajstić information content (AvgIpc) is 3.23. The van der Waals surface area contributed by atoms with Crippen molar-refractivity contribution in [2.75, 3.05) is 6.54 Å². The Morgan fingerprint density at radius 3 is 2.62 bits per heavy atom. The zero-order valence-corrected chi connectivity index (χ0v) is 12.8. The molecule has 0 bridgehead atoms. The summed E-state index contributed by atoms with van der Waals surface area (Å²) in [6.07, 6.45) is -0.897. The molecule has 0 aliphatic carbocycles. The molecule has 2 aromatic heterocycles. The molecule has 6 nitrogen and oxygen atoms in total. The molecule has 1 atom stereocenters. The average molecular weight is 320 g/mol. The predicted molar refractivity (Wildman–Crippen MR) is 91.7 cm³/mol. The molecule has 4 N–H and O–H groups in total. The van der Waals surface area contributed by atoms with E-state index in [0.29, 0.717) is 11.5 Å². The van der Waals surface area contributed by atoms with Crippen LogP contribution in [0.2, 0.25) is 0 Å². The van der Waals surface area contributed by atoms with Crippen LogP contribution in [0.4, 0.5) is 0 Å². The van der Waals surface area contributed by atoms with Gasteiger partial charge in [0.05, 0.1) is 17.6 Å². The molecule has 4 rings (SSSR count). The van der Waals surface area contributed by atoms with Gasteiger partial charge in [0.25, 0.3) is 5.91 Å². The second kappa shape index (κ2) is 5.82. The van der Waals surface area contributed by atoms with Crippen molar-refractivity contribution in [3.8, 4) is 0 Å². The highest BCUT2D eigenvalue weighted by Crippen LogP contribution is 2.16. The summed E-state index contributed by atoms with van der Waals surface area (Å²) in [5.74, 6) is 0.175. The molecule has 0 spiro atoms. The molecule has 1 amide bonds. The Hall–Kier alpha value is -3.12. The minimum Gasteiger partial charge on any atom is -0.383 e. The maximum atomic E-state index is 12.2. The summed E-state index contributed by atoms with van der Waals surface area (Å²) >= 11 is 0. The molecule has 2 aromatic carbocycles. The lowest BCUT2D eigenvalue weighted by Gasteiger charge is -2.08. The number of hydrogen-bond donors (Lipinski definition) is 4. The zero-order chi connectivity index (χ0) is 16.5. The lowest BCUT2D eigenvalue weighted by atomic mass is 10.2. The number of carbonyl (C=O) groups is 1. The number of carbonyl (C=O) groups excluding carboxylic acids is 1. The van der Waals surface area contributed by atoms with Crippen LogP contribution < -0.4 is 5.32 Å². The summed E-state index contributed by atoms with van der Waals surface area (Å²) < 4.78 is 0. The summed E-state index contributed by atoms with van der Waals surface area (Å²) in [5, 5.41) is 13.9. The van der Waals surface area contributed by atoms with E-state index in [1.807, 2.05) is 48.5 Å². The molecule has 0 radical (unpaired) electrons. The smallest absolute Gasteiger partial charge is 0.267 e. The topological polar surface area (TPSA) is 93.8 Å². The fraction of sp³-hybridized carbons (Fsp3) is 0.111. The maximum absolute atomic E-state index is 12.2. The van der Waals surface area contributed by atoms with Gasteiger partial charge in [0.1, 0.15) is 17.6 Å². The van der Waals surface area contributed by atoms with E-state index in [-0.39, 0.29) is 12.5 Å². The molecule has 120 valence electrons. The van der Waals surface area contributed by atoms with E-state index in [4.69, 9.17) is 0 Å². The van der Waals surface area contributed by atoms with Gasteiger partial charge in [-0.1, -0.05) is 30.3 Å². The van der Waals surface area contributed by atoms with Crippen LogP contribution in [0.15, 0.2) is 54.6 Å². The Kier molecular flexibility index (Phi) is 3.51. The number of aliphatic hydroxyl groups excluding tert-OH is 1. The van der Waals surface area contributed by atoms with E-state index in [0.717, 1.165) is 21.9 Å². The van der Waals surface area contributed by atoms with Crippen LogP contribution in [-0.2, 0) is 0 Å². The molecule has 0 aliphatic heterocycles. The monoisotopic (exact) mass is 320 g/mol. The van der Waals surface area contributed by atoms with Gasteiger partial charge in [0.2, 0.25) is 0 Å². The predicted octanol–water partition coefficient (Wildman–Crippen LogP) is 2.51. The second-order valence-electron chi connectivity index (χ2n) is 5.64. The van der Waals surface area contributed by atoms with Crippen molar-refractivity contribution in [1.29, 1.82) is 0 Å². The van der Waals surface area contributed by atoms with Gasteiger partial charge in [-0.15, -0.1) is 0 Å². The number of fused-ring (bicyclic) bond motifs is 2. The normalized spacial score (nSPS) is 12.5. The van der Waals surface area contributed by atoms with Crippen molar-refractivity contribution in [1.82, 2.24) is 20.3 Å². The Morgan fingerprint density at radius 1 is 1.08 bits per heavy atom. The number of benzene rings is 2. The highest BCUT2D eigenvalue weighted by atomic mass is 16.3. The molecule has 0 aliphatic rings. The number of hydrogen-bond acceptors (Lipinski definition) is 3. The summed E-state index contributed by atoms with van der Waals surface area (Å²) in [6.45, 7) is 0.0774. The van der Waals surface area contributed by atoms with Crippen LogP contribution in [-0.4, -0.2) is 32.5 Å². The summed E-state index contributed by atoms with van der Waals surface area (Å²) in [4.78, 5) is 22.7. The Morgan fingerprint density at radius 2 is 1.83 bits per heavy atom. The van der Waals surface area contributed by atoms with Gasteiger partial charge in [-0.05, 0) is 24.3 Å². The van der Waals surface area contributed by atoms with E-state index in [1.165, 1.54) is 0 Å². The van der Waals surface area contributed by atoms with E-state index in [2.05, 4.69) is 20.3 Å². The van der Waals surface area contributed by atoms with Crippen LogP contribution in [0.1, 0.15) is 22.4 Å². The molecule has 0 saturated carbocycles. The summed E-state index contributed by atoms with van der Waals surface area (Å²) in [7, 11) is 0. The standard InChI is InChI=1S/C18H16N4O2/c23-16(17-21-13-7-3-4-8-14(13)22-17)10-19-18(24)15-9-11-5-1-2-6-12(11)20-15/h1-9,16,20,23H,10H2,(H,19,24)(H,21,22). The van der Waals surface area contributed by atoms with Crippen LogP contribution in [0.5, 0.6) is 0 Å². The number of imidazole rings is 1. The number of nitrogens with zero attached hydrogens (tertiary/aromatic N) is 1. The van der Waals surface area contributed by atoms with E-state index in [9.17, 15) is 9.90 Å². The number of H-pyrrole nitrogens is 2. The molecular formula is C18H16N4O2. The molecule has 6 heteroatoms. The number of nitrogens with one attached hydrogen (secondary N) is 3. The fourth-order valence-corrected chi connectivity index (χ4v) is 2.71. The number of para-hydroxylation sites is 3. The van der Waals surface area contributed by atoms with Gasteiger partial charge in [-0.25, -0.2) is 4.98 Å². The van der Waals surface area contributed by atoms with Crippen LogP contribution in [0.3, 0.4) is 0 Å². The van der Waals surface area contributed by atoms with Crippen LogP contribution in [0, 0.1) is 0 Å². The quantitative estimate of drug-likeness (QED) is 0.465. The third-order valence-electron chi connectivity index (χ3n) is 3.95. The first kappa shape index (κ1) is 14.5. The third-order valence-corrected chi connectivity index (χ3v) is 3.95. The zero-order valence-electron chi connectivity index (χ0n) is 12.8. The summed E-state index contributed by atoms with van der Waals surface area (Å²) in [6, 6.07) is 17.0. The molecule has 2 heterocycles. The van der Waals surface area contributed by atoms with Gasteiger partial charge in [0.15, 0.2) is 0 Å². The van der Waals surface area contributed by atoms with Gasteiger partial charge in [-0.2, -0.15) is 0 Å². The largest absolute Gasteiger partial charge is 0.383 e. The molecular weight excluding hydrogens is 304 g/mol. The number of aromatic nitrogens is 3. The Labute approximate surface area is 137 Å². The van der Waals surface area contributed by atoms with Crippen LogP contribution >= 0.6 is 0 Å². The summed E-state index contributed by atoms with van der Waals surface area (Å²) in [5.41, 5.74) is 3.01. The minimum absolute atomic E-state index is 0.0774. The molecule has 4 aromatic rings. The number of rotatable bonds is 4. The third kappa shape index (κ3) is 2.63. The molecule has 0 saturated heterocycles. The Bertz CT molecular complexity index is 952. The van der Waals surface area contributed by atoms with E-state index >= 15 is 0 Å². The number of aliphatic hydroxyl groups is 1. The van der Waals surface area contributed by atoms with Gasteiger partial charge in [0, 0.05) is 10.9 Å². The molecule has 24 heavy (non-hydrogen) atoms.